The minimum absolute atomic E-state index is 0.459. The zero-order valence-electron chi connectivity index (χ0n) is 11.1. The van der Waals surface area contributed by atoms with Crippen LogP contribution in [-0.2, 0) is 6.54 Å². The van der Waals surface area contributed by atoms with Crippen molar-refractivity contribution in [2.24, 2.45) is 5.92 Å². The van der Waals surface area contributed by atoms with E-state index in [-0.39, 0.29) is 0 Å². The van der Waals surface area contributed by atoms with Crippen LogP contribution in [0, 0.1) is 5.92 Å². The van der Waals surface area contributed by atoms with E-state index in [9.17, 15) is 0 Å². The number of hydrogen-bond acceptors (Lipinski definition) is 4. The van der Waals surface area contributed by atoms with Gasteiger partial charge in [-0.1, -0.05) is 25.4 Å². The first kappa shape index (κ1) is 13.7. The lowest BCUT2D eigenvalue weighted by atomic mass is 10.2. The molecule has 0 aromatic carbocycles. The molecular weight excluding hydrogens is 248 g/mol. The van der Waals surface area contributed by atoms with Crippen LogP contribution in [-0.4, -0.2) is 52.7 Å². The zero-order valence-corrected chi connectivity index (χ0v) is 11.9. The van der Waals surface area contributed by atoms with Crippen molar-refractivity contribution in [1.29, 1.82) is 0 Å². The molecular formula is C13H21ClN4. The van der Waals surface area contributed by atoms with Gasteiger partial charge in [0.1, 0.15) is 0 Å². The van der Waals surface area contributed by atoms with Crippen LogP contribution in [0.4, 0.5) is 0 Å². The molecule has 1 aromatic heterocycles. The van der Waals surface area contributed by atoms with E-state index in [1.807, 2.05) is 6.07 Å². The first-order valence-corrected chi connectivity index (χ1v) is 6.94. The monoisotopic (exact) mass is 268 g/mol. The molecule has 0 saturated carbocycles. The molecule has 1 fully saturated rings. The highest BCUT2D eigenvalue weighted by atomic mass is 35.5. The third-order valence-electron chi connectivity index (χ3n) is 3.16. The van der Waals surface area contributed by atoms with E-state index in [4.69, 9.17) is 11.6 Å². The van der Waals surface area contributed by atoms with Gasteiger partial charge in [0.25, 0.3) is 0 Å². The van der Waals surface area contributed by atoms with Crippen molar-refractivity contribution in [3.63, 3.8) is 0 Å². The quantitative estimate of drug-likeness (QED) is 0.835. The Morgan fingerprint density at radius 3 is 2.33 bits per heavy atom. The fourth-order valence-corrected chi connectivity index (χ4v) is 2.40. The minimum atomic E-state index is 0.459. The van der Waals surface area contributed by atoms with Gasteiger partial charge in [0.05, 0.1) is 5.69 Å². The van der Waals surface area contributed by atoms with Crippen molar-refractivity contribution in [3.05, 3.63) is 23.0 Å². The topological polar surface area (TPSA) is 32.3 Å². The first-order valence-electron chi connectivity index (χ1n) is 6.56. The zero-order chi connectivity index (χ0) is 13.0. The Morgan fingerprint density at radius 1 is 1.11 bits per heavy atom. The SMILES string of the molecule is CC(C)CN1CCN(Cc2ccc(Cl)nn2)CC1. The molecule has 1 saturated heterocycles. The first-order chi connectivity index (χ1) is 8.63. The van der Waals surface area contributed by atoms with Crippen molar-refractivity contribution >= 4 is 11.6 Å². The Kier molecular flexibility index (Phi) is 4.92. The Hall–Kier alpha value is -0.710. The number of hydrogen-bond donors (Lipinski definition) is 0. The lowest BCUT2D eigenvalue weighted by Gasteiger charge is -2.35. The fourth-order valence-electron chi connectivity index (χ4n) is 2.30. The largest absolute Gasteiger partial charge is 0.301 e. The molecule has 0 bridgehead atoms. The van der Waals surface area contributed by atoms with Crippen molar-refractivity contribution < 1.29 is 0 Å². The molecule has 0 unspecified atom stereocenters. The molecule has 0 radical (unpaired) electrons. The maximum Gasteiger partial charge on any atom is 0.151 e. The summed E-state index contributed by atoms with van der Waals surface area (Å²) in [4.78, 5) is 4.96. The summed E-state index contributed by atoms with van der Waals surface area (Å²) in [5.41, 5.74) is 0.997. The second-order valence-corrected chi connectivity index (χ2v) is 5.71. The second kappa shape index (κ2) is 6.45. The van der Waals surface area contributed by atoms with Gasteiger partial charge in [0.15, 0.2) is 5.15 Å². The van der Waals surface area contributed by atoms with Crippen molar-refractivity contribution in [1.82, 2.24) is 20.0 Å². The summed E-state index contributed by atoms with van der Waals surface area (Å²) in [6, 6.07) is 3.76. The summed E-state index contributed by atoms with van der Waals surface area (Å²) in [5, 5.41) is 8.44. The summed E-state index contributed by atoms with van der Waals surface area (Å²) in [6.07, 6.45) is 0. The van der Waals surface area contributed by atoms with E-state index in [1.165, 1.54) is 6.54 Å². The molecule has 1 aliphatic rings. The van der Waals surface area contributed by atoms with Gasteiger partial charge < -0.3 is 4.90 Å². The van der Waals surface area contributed by atoms with Gasteiger partial charge in [-0.05, 0) is 18.1 Å². The molecule has 5 heteroatoms. The molecule has 2 heterocycles. The van der Waals surface area contributed by atoms with Crippen LogP contribution in [0.25, 0.3) is 0 Å². The Bertz CT molecular complexity index is 358. The second-order valence-electron chi connectivity index (χ2n) is 5.32. The fraction of sp³-hybridized carbons (Fsp3) is 0.692. The Labute approximate surface area is 114 Å². The molecule has 0 amide bonds. The molecule has 1 aromatic rings. The maximum atomic E-state index is 5.73. The highest BCUT2D eigenvalue weighted by Crippen LogP contribution is 2.09. The minimum Gasteiger partial charge on any atom is -0.301 e. The standard InChI is InChI=1S/C13H21ClN4/c1-11(2)9-17-5-7-18(8-6-17)10-12-3-4-13(14)16-15-12/h3-4,11H,5-10H2,1-2H3. The van der Waals surface area contributed by atoms with E-state index < -0.39 is 0 Å². The van der Waals surface area contributed by atoms with Crippen molar-refractivity contribution in [3.8, 4) is 0 Å². The molecule has 0 atom stereocenters. The van der Waals surface area contributed by atoms with Gasteiger partial charge in [-0.3, -0.25) is 4.90 Å². The van der Waals surface area contributed by atoms with Gasteiger partial charge in [0.2, 0.25) is 0 Å². The Morgan fingerprint density at radius 2 is 1.78 bits per heavy atom. The number of halogens is 1. The lowest BCUT2D eigenvalue weighted by molar-refractivity contribution is 0.116. The molecule has 4 nitrogen and oxygen atoms in total. The number of aromatic nitrogens is 2. The van der Waals surface area contributed by atoms with E-state index in [0.29, 0.717) is 5.15 Å². The van der Waals surface area contributed by atoms with E-state index in [0.717, 1.165) is 44.3 Å². The molecule has 2 rings (SSSR count). The third kappa shape index (κ3) is 4.19. The van der Waals surface area contributed by atoms with Gasteiger partial charge in [-0.15, -0.1) is 5.10 Å². The van der Waals surface area contributed by atoms with E-state index in [2.05, 4.69) is 33.8 Å². The third-order valence-corrected chi connectivity index (χ3v) is 3.36. The molecule has 0 spiro atoms. The average Bonchev–Trinajstić information content (AvgIpc) is 2.34. The van der Waals surface area contributed by atoms with Crippen LogP contribution in [0.3, 0.4) is 0 Å². The van der Waals surface area contributed by atoms with Crippen LogP contribution >= 0.6 is 11.6 Å². The normalized spacial score (nSPS) is 18.4. The van der Waals surface area contributed by atoms with Gasteiger partial charge in [0, 0.05) is 39.3 Å². The van der Waals surface area contributed by atoms with Gasteiger partial charge in [-0.25, -0.2) is 0 Å². The van der Waals surface area contributed by atoms with Crippen molar-refractivity contribution in [2.45, 2.75) is 20.4 Å². The maximum absolute atomic E-state index is 5.73. The molecule has 1 aliphatic heterocycles. The number of rotatable bonds is 4. The summed E-state index contributed by atoms with van der Waals surface area (Å²) >= 11 is 5.73. The van der Waals surface area contributed by atoms with Crippen molar-refractivity contribution in [2.75, 3.05) is 32.7 Å². The predicted octanol–water partition coefficient (Wildman–Crippen LogP) is 1.90. The summed E-state index contributed by atoms with van der Waals surface area (Å²) < 4.78 is 0. The molecule has 18 heavy (non-hydrogen) atoms. The number of nitrogens with zero attached hydrogens (tertiary/aromatic N) is 4. The highest BCUT2D eigenvalue weighted by Gasteiger charge is 2.17. The lowest BCUT2D eigenvalue weighted by Crippen LogP contribution is -2.46. The summed E-state index contributed by atoms with van der Waals surface area (Å²) in [7, 11) is 0. The van der Waals surface area contributed by atoms with Gasteiger partial charge in [-0.2, -0.15) is 5.10 Å². The van der Waals surface area contributed by atoms with Crippen LogP contribution in [0.5, 0.6) is 0 Å². The van der Waals surface area contributed by atoms with E-state index in [1.54, 1.807) is 6.07 Å². The summed E-state index contributed by atoms with van der Waals surface area (Å²) in [6.45, 7) is 11.1. The molecule has 0 aliphatic carbocycles. The molecule has 0 N–H and O–H groups in total. The van der Waals surface area contributed by atoms with Crippen LogP contribution < -0.4 is 0 Å². The predicted molar refractivity (Wildman–Crippen MR) is 73.6 cm³/mol. The Balaban J connectivity index is 1.78. The van der Waals surface area contributed by atoms with E-state index >= 15 is 0 Å². The smallest absolute Gasteiger partial charge is 0.151 e. The summed E-state index contributed by atoms with van der Waals surface area (Å²) in [5.74, 6) is 0.749. The van der Waals surface area contributed by atoms with Crippen LogP contribution in [0.1, 0.15) is 19.5 Å². The highest BCUT2D eigenvalue weighted by molar-refractivity contribution is 6.29. The van der Waals surface area contributed by atoms with Crippen LogP contribution in [0.15, 0.2) is 12.1 Å². The van der Waals surface area contributed by atoms with Crippen LogP contribution in [0.2, 0.25) is 5.15 Å². The number of piperazine rings is 1. The molecule has 100 valence electrons. The van der Waals surface area contributed by atoms with Gasteiger partial charge >= 0.3 is 0 Å². The average molecular weight is 269 g/mol.